The normalized spacial score (nSPS) is 12.9. The minimum atomic E-state index is -0.301. The van der Waals surface area contributed by atoms with Crippen LogP contribution < -0.4 is 15.4 Å². The van der Waals surface area contributed by atoms with Crippen molar-refractivity contribution in [2.75, 3.05) is 5.32 Å². The third-order valence-corrected chi connectivity index (χ3v) is 4.41. The van der Waals surface area contributed by atoms with E-state index in [1.54, 1.807) is 36.4 Å². The van der Waals surface area contributed by atoms with Gasteiger partial charge in [-0.1, -0.05) is 36.4 Å². The molecule has 0 atom stereocenters. The van der Waals surface area contributed by atoms with Crippen LogP contribution in [0.25, 0.3) is 0 Å². The highest BCUT2D eigenvalue weighted by Crippen LogP contribution is 2.29. The zero-order chi connectivity index (χ0) is 19.3. The second-order valence-electron chi connectivity index (χ2n) is 6.69. The maximum Gasteiger partial charge on any atom is 0.255 e. The van der Waals surface area contributed by atoms with Crippen LogP contribution >= 0.6 is 0 Å². The molecule has 5 heteroatoms. The summed E-state index contributed by atoms with van der Waals surface area (Å²) in [7, 11) is 0. The van der Waals surface area contributed by atoms with Crippen molar-refractivity contribution >= 4 is 17.5 Å². The van der Waals surface area contributed by atoms with Crippen molar-refractivity contribution in [1.29, 1.82) is 0 Å². The fourth-order valence-corrected chi connectivity index (χ4v) is 2.77. The third kappa shape index (κ3) is 4.38. The largest absolute Gasteiger partial charge is 0.455 e. The van der Waals surface area contributed by atoms with Gasteiger partial charge in [0, 0.05) is 17.2 Å². The molecule has 3 aromatic carbocycles. The van der Waals surface area contributed by atoms with Crippen molar-refractivity contribution < 1.29 is 14.3 Å². The van der Waals surface area contributed by atoms with Gasteiger partial charge in [-0.3, -0.25) is 9.59 Å². The summed E-state index contributed by atoms with van der Waals surface area (Å²) in [6.07, 6.45) is 2.04. The predicted octanol–water partition coefficient (Wildman–Crippen LogP) is 4.62. The Morgan fingerprint density at radius 1 is 0.786 bits per heavy atom. The van der Waals surface area contributed by atoms with Gasteiger partial charge in [0.1, 0.15) is 5.75 Å². The average molecular weight is 372 g/mol. The highest BCUT2D eigenvalue weighted by Gasteiger charge is 2.24. The summed E-state index contributed by atoms with van der Waals surface area (Å²) in [5, 5.41) is 5.80. The van der Waals surface area contributed by atoms with Gasteiger partial charge in [-0.25, -0.2) is 0 Å². The van der Waals surface area contributed by atoms with E-state index in [0.29, 0.717) is 28.3 Å². The van der Waals surface area contributed by atoms with Crippen molar-refractivity contribution in [1.82, 2.24) is 5.32 Å². The van der Waals surface area contributed by atoms with Crippen LogP contribution in [0.3, 0.4) is 0 Å². The Hall–Kier alpha value is -3.60. The van der Waals surface area contributed by atoms with Gasteiger partial charge in [0.15, 0.2) is 5.75 Å². The quantitative estimate of drug-likeness (QED) is 0.663. The second kappa shape index (κ2) is 7.96. The number of carbonyl (C=O) groups excluding carboxylic acids is 2. The first-order valence-corrected chi connectivity index (χ1v) is 9.23. The molecule has 0 aliphatic heterocycles. The second-order valence-corrected chi connectivity index (χ2v) is 6.69. The molecular formula is C23H20N2O3. The molecule has 28 heavy (non-hydrogen) atoms. The molecule has 0 spiro atoms. The Morgan fingerprint density at radius 2 is 1.46 bits per heavy atom. The maximum atomic E-state index is 12.7. The van der Waals surface area contributed by atoms with E-state index in [9.17, 15) is 9.59 Å². The minimum absolute atomic E-state index is 0.148. The Morgan fingerprint density at radius 3 is 2.21 bits per heavy atom. The average Bonchev–Trinajstić information content (AvgIpc) is 3.54. The van der Waals surface area contributed by atoms with Gasteiger partial charge in [0.05, 0.1) is 5.69 Å². The summed E-state index contributed by atoms with van der Waals surface area (Å²) >= 11 is 0. The molecule has 1 saturated carbocycles. The molecular weight excluding hydrogens is 352 g/mol. The van der Waals surface area contributed by atoms with Crippen LogP contribution in [0.15, 0.2) is 78.9 Å². The maximum absolute atomic E-state index is 12.7. The van der Waals surface area contributed by atoms with Crippen LogP contribution in [-0.2, 0) is 0 Å². The fraction of sp³-hybridized carbons (Fsp3) is 0.130. The van der Waals surface area contributed by atoms with Gasteiger partial charge < -0.3 is 15.4 Å². The molecule has 2 amide bonds. The van der Waals surface area contributed by atoms with Crippen molar-refractivity contribution in [2.45, 2.75) is 18.9 Å². The summed E-state index contributed by atoms with van der Waals surface area (Å²) < 4.78 is 5.88. The lowest BCUT2D eigenvalue weighted by Gasteiger charge is -2.12. The number of amides is 2. The summed E-state index contributed by atoms with van der Waals surface area (Å²) in [5.74, 6) is 0.780. The molecule has 0 heterocycles. The SMILES string of the molecule is O=C(Nc1ccccc1Oc1ccccc1)c1cccc(C(=O)NC2CC2)c1. The third-order valence-electron chi connectivity index (χ3n) is 4.41. The molecule has 1 aliphatic rings. The predicted molar refractivity (Wildman–Crippen MR) is 108 cm³/mol. The Labute approximate surface area is 163 Å². The van der Waals surface area contributed by atoms with Crippen LogP contribution in [0.4, 0.5) is 5.69 Å². The number of ether oxygens (including phenoxy) is 1. The van der Waals surface area contributed by atoms with E-state index >= 15 is 0 Å². The van der Waals surface area contributed by atoms with E-state index in [0.717, 1.165) is 12.8 Å². The smallest absolute Gasteiger partial charge is 0.255 e. The van der Waals surface area contributed by atoms with E-state index < -0.39 is 0 Å². The first kappa shape index (κ1) is 17.8. The lowest BCUT2D eigenvalue weighted by molar-refractivity contribution is 0.0951. The lowest BCUT2D eigenvalue weighted by Crippen LogP contribution is -2.25. The number of benzene rings is 3. The number of anilines is 1. The van der Waals surface area contributed by atoms with Crippen LogP contribution in [0, 0.1) is 0 Å². The van der Waals surface area contributed by atoms with Gasteiger partial charge in [0.2, 0.25) is 0 Å². The van der Waals surface area contributed by atoms with Gasteiger partial charge in [0.25, 0.3) is 11.8 Å². The molecule has 2 N–H and O–H groups in total. The van der Waals surface area contributed by atoms with Gasteiger partial charge in [-0.2, -0.15) is 0 Å². The van der Waals surface area contributed by atoms with E-state index in [1.807, 2.05) is 42.5 Å². The molecule has 4 rings (SSSR count). The van der Waals surface area contributed by atoms with Gasteiger partial charge in [-0.05, 0) is 55.3 Å². The monoisotopic (exact) mass is 372 g/mol. The van der Waals surface area contributed by atoms with E-state index in [2.05, 4.69) is 10.6 Å². The number of nitrogens with one attached hydrogen (secondary N) is 2. The van der Waals surface area contributed by atoms with Crippen LogP contribution in [0.1, 0.15) is 33.6 Å². The first-order chi connectivity index (χ1) is 13.7. The Bertz CT molecular complexity index is 997. The van der Waals surface area contributed by atoms with Crippen LogP contribution in [-0.4, -0.2) is 17.9 Å². The number of carbonyl (C=O) groups is 2. The number of para-hydroxylation sites is 3. The highest BCUT2D eigenvalue weighted by atomic mass is 16.5. The molecule has 0 radical (unpaired) electrons. The van der Waals surface area contributed by atoms with Gasteiger partial charge in [-0.15, -0.1) is 0 Å². The summed E-state index contributed by atoms with van der Waals surface area (Å²) in [5.41, 5.74) is 1.45. The molecule has 1 aliphatic carbocycles. The molecule has 0 bridgehead atoms. The van der Waals surface area contributed by atoms with Gasteiger partial charge >= 0.3 is 0 Å². The lowest BCUT2D eigenvalue weighted by atomic mass is 10.1. The summed E-state index contributed by atoms with van der Waals surface area (Å²) in [6, 6.07) is 23.6. The van der Waals surface area contributed by atoms with Crippen molar-refractivity contribution in [3.05, 3.63) is 90.0 Å². The number of hydrogen-bond acceptors (Lipinski definition) is 3. The van der Waals surface area contributed by atoms with E-state index in [-0.39, 0.29) is 17.9 Å². The Kier molecular flexibility index (Phi) is 5.06. The summed E-state index contributed by atoms with van der Waals surface area (Å²) in [4.78, 5) is 25.0. The minimum Gasteiger partial charge on any atom is -0.455 e. The molecule has 3 aromatic rings. The van der Waals surface area contributed by atoms with E-state index in [1.165, 1.54) is 0 Å². The zero-order valence-corrected chi connectivity index (χ0v) is 15.2. The van der Waals surface area contributed by atoms with Crippen molar-refractivity contribution in [2.24, 2.45) is 0 Å². The first-order valence-electron chi connectivity index (χ1n) is 9.23. The number of hydrogen-bond donors (Lipinski definition) is 2. The molecule has 0 unspecified atom stereocenters. The molecule has 0 saturated heterocycles. The molecule has 5 nitrogen and oxygen atoms in total. The summed E-state index contributed by atoms with van der Waals surface area (Å²) in [6.45, 7) is 0. The van der Waals surface area contributed by atoms with E-state index in [4.69, 9.17) is 4.74 Å². The number of rotatable bonds is 6. The van der Waals surface area contributed by atoms with Crippen molar-refractivity contribution in [3.63, 3.8) is 0 Å². The standard InChI is InChI=1S/C23H20N2O3/c26-22(24-18-13-14-18)16-7-6-8-17(15-16)23(27)25-20-11-4-5-12-21(20)28-19-9-2-1-3-10-19/h1-12,15,18H,13-14H2,(H,24,26)(H,25,27). The van der Waals surface area contributed by atoms with Crippen molar-refractivity contribution in [3.8, 4) is 11.5 Å². The fourth-order valence-electron chi connectivity index (χ4n) is 2.77. The zero-order valence-electron chi connectivity index (χ0n) is 15.2. The Balaban J connectivity index is 1.50. The molecule has 0 aromatic heterocycles. The topological polar surface area (TPSA) is 67.4 Å². The molecule has 140 valence electrons. The van der Waals surface area contributed by atoms with Crippen LogP contribution in [0.5, 0.6) is 11.5 Å². The van der Waals surface area contributed by atoms with Crippen LogP contribution in [0.2, 0.25) is 0 Å². The highest BCUT2D eigenvalue weighted by molar-refractivity contribution is 6.06. The molecule has 1 fully saturated rings.